The first-order chi connectivity index (χ1) is 15.4. The van der Waals surface area contributed by atoms with Gasteiger partial charge in [0.05, 0.1) is 36.1 Å². The number of rotatable bonds is 8. The van der Waals surface area contributed by atoms with Gasteiger partial charge in [0, 0.05) is 23.0 Å². The Labute approximate surface area is 195 Å². The van der Waals surface area contributed by atoms with Gasteiger partial charge in [-0.2, -0.15) is 5.26 Å². The third kappa shape index (κ3) is 5.75. The minimum Gasteiger partial charge on any atom is -0.493 e. The lowest BCUT2D eigenvalue weighted by molar-refractivity contribution is -0.121. The van der Waals surface area contributed by atoms with Crippen molar-refractivity contribution in [2.24, 2.45) is 0 Å². The molecule has 2 aromatic carbocycles. The van der Waals surface area contributed by atoms with Crippen LogP contribution >= 0.6 is 23.4 Å². The predicted octanol–water partition coefficient (Wildman–Crippen LogP) is 4.46. The maximum Gasteiger partial charge on any atom is 0.234 e. The number of halogens is 1. The van der Waals surface area contributed by atoms with Crippen LogP contribution in [0.3, 0.4) is 0 Å². The molecule has 2 N–H and O–H groups in total. The molecule has 0 saturated heterocycles. The first kappa shape index (κ1) is 23.5. The lowest BCUT2D eigenvalue weighted by atomic mass is 9.87. The molecule has 1 atom stereocenters. The molecule has 2 aromatic rings. The van der Waals surface area contributed by atoms with Gasteiger partial charge in [0.25, 0.3) is 0 Å². The van der Waals surface area contributed by atoms with E-state index in [-0.39, 0.29) is 24.0 Å². The molecule has 32 heavy (non-hydrogen) atoms. The van der Waals surface area contributed by atoms with Gasteiger partial charge in [-0.05, 0) is 48.9 Å². The summed E-state index contributed by atoms with van der Waals surface area (Å²) >= 11 is 6.97. The fourth-order valence-electron chi connectivity index (χ4n) is 3.26. The lowest BCUT2D eigenvalue weighted by Crippen LogP contribution is -2.31. The SMILES string of the molecule is CCOc1ccc([C@@H]2CC(=O)NC(SCC(=O)Nc3ccc(Cl)cc3)=C2C#N)cc1OC. The van der Waals surface area contributed by atoms with E-state index in [1.165, 1.54) is 7.11 Å². The predicted molar refractivity (Wildman–Crippen MR) is 125 cm³/mol. The second-order valence-electron chi connectivity index (χ2n) is 6.85. The first-order valence-corrected chi connectivity index (χ1v) is 11.2. The summed E-state index contributed by atoms with van der Waals surface area (Å²) in [6, 6.07) is 14.3. The van der Waals surface area contributed by atoms with Crippen molar-refractivity contribution in [2.45, 2.75) is 19.3 Å². The monoisotopic (exact) mass is 471 g/mol. The molecule has 0 saturated carbocycles. The normalized spacial score (nSPS) is 15.6. The van der Waals surface area contributed by atoms with Crippen LogP contribution in [0.25, 0.3) is 0 Å². The average Bonchev–Trinajstić information content (AvgIpc) is 2.79. The van der Waals surface area contributed by atoms with E-state index in [1.54, 1.807) is 36.4 Å². The Morgan fingerprint density at radius 2 is 2.03 bits per heavy atom. The molecule has 1 heterocycles. The molecular weight excluding hydrogens is 450 g/mol. The molecule has 0 radical (unpaired) electrons. The summed E-state index contributed by atoms with van der Waals surface area (Å²) in [7, 11) is 1.54. The molecule has 2 amide bonds. The summed E-state index contributed by atoms with van der Waals surface area (Å²) in [4.78, 5) is 24.7. The highest BCUT2D eigenvalue weighted by Gasteiger charge is 2.30. The van der Waals surface area contributed by atoms with Crippen molar-refractivity contribution in [3.63, 3.8) is 0 Å². The zero-order chi connectivity index (χ0) is 23.1. The van der Waals surface area contributed by atoms with E-state index in [2.05, 4.69) is 16.7 Å². The van der Waals surface area contributed by atoms with E-state index < -0.39 is 5.92 Å². The topological polar surface area (TPSA) is 100 Å². The Kier molecular flexibility index (Phi) is 8.03. The highest BCUT2D eigenvalue weighted by Crippen LogP contribution is 2.39. The fraction of sp³-hybridized carbons (Fsp3) is 0.261. The van der Waals surface area contributed by atoms with Gasteiger partial charge < -0.3 is 20.1 Å². The van der Waals surface area contributed by atoms with Crippen molar-refractivity contribution in [3.05, 3.63) is 63.7 Å². The molecule has 0 aliphatic carbocycles. The molecule has 166 valence electrons. The van der Waals surface area contributed by atoms with Gasteiger partial charge in [0.2, 0.25) is 11.8 Å². The minimum absolute atomic E-state index is 0.0305. The van der Waals surface area contributed by atoms with E-state index >= 15 is 0 Å². The maximum atomic E-state index is 12.4. The van der Waals surface area contributed by atoms with Crippen molar-refractivity contribution in [3.8, 4) is 17.6 Å². The van der Waals surface area contributed by atoms with Gasteiger partial charge in [-0.1, -0.05) is 29.4 Å². The van der Waals surface area contributed by atoms with Crippen LogP contribution in [-0.2, 0) is 9.59 Å². The van der Waals surface area contributed by atoms with Crippen molar-refractivity contribution >= 4 is 40.9 Å². The van der Waals surface area contributed by atoms with Crippen LogP contribution in [0.4, 0.5) is 5.69 Å². The van der Waals surface area contributed by atoms with Gasteiger partial charge >= 0.3 is 0 Å². The number of amides is 2. The summed E-state index contributed by atoms with van der Waals surface area (Å²) in [6.45, 7) is 2.37. The summed E-state index contributed by atoms with van der Waals surface area (Å²) in [5.74, 6) is 0.228. The number of methoxy groups -OCH3 is 1. The van der Waals surface area contributed by atoms with Crippen molar-refractivity contribution in [1.82, 2.24) is 5.32 Å². The van der Waals surface area contributed by atoms with Crippen molar-refractivity contribution < 1.29 is 19.1 Å². The summed E-state index contributed by atoms with van der Waals surface area (Å²) in [5.41, 5.74) is 1.78. The molecule has 7 nitrogen and oxygen atoms in total. The number of ether oxygens (including phenoxy) is 2. The van der Waals surface area contributed by atoms with Crippen LogP contribution < -0.4 is 20.1 Å². The number of hydrogen-bond acceptors (Lipinski definition) is 6. The molecular formula is C23H22ClN3O4S. The third-order valence-corrected chi connectivity index (χ3v) is 5.99. The van der Waals surface area contributed by atoms with Gasteiger partial charge in [-0.3, -0.25) is 9.59 Å². The van der Waals surface area contributed by atoms with E-state index in [9.17, 15) is 14.9 Å². The van der Waals surface area contributed by atoms with Gasteiger partial charge in [0.15, 0.2) is 11.5 Å². The largest absolute Gasteiger partial charge is 0.493 e. The quantitative estimate of drug-likeness (QED) is 0.589. The van der Waals surface area contributed by atoms with Gasteiger partial charge in [-0.25, -0.2) is 0 Å². The molecule has 0 aromatic heterocycles. The highest BCUT2D eigenvalue weighted by atomic mass is 35.5. The Morgan fingerprint density at radius 1 is 1.28 bits per heavy atom. The Morgan fingerprint density at radius 3 is 2.69 bits per heavy atom. The first-order valence-electron chi connectivity index (χ1n) is 9.88. The van der Waals surface area contributed by atoms with Crippen LogP contribution in [0.15, 0.2) is 53.1 Å². The number of carbonyl (C=O) groups is 2. The summed E-state index contributed by atoms with van der Waals surface area (Å²) in [5, 5.41) is 16.3. The third-order valence-electron chi connectivity index (χ3n) is 4.72. The van der Waals surface area contributed by atoms with Gasteiger partial charge in [0.1, 0.15) is 0 Å². The molecule has 0 spiro atoms. The fourth-order valence-corrected chi connectivity index (χ4v) is 4.26. The van der Waals surface area contributed by atoms with Crippen LogP contribution in [0.5, 0.6) is 11.5 Å². The Hall–Kier alpha value is -3.15. The van der Waals surface area contributed by atoms with Crippen LogP contribution in [0.2, 0.25) is 5.02 Å². The number of benzene rings is 2. The molecule has 3 rings (SSSR count). The number of thioether (sulfide) groups is 1. The molecule has 0 unspecified atom stereocenters. The smallest absolute Gasteiger partial charge is 0.234 e. The molecule has 0 fully saturated rings. The molecule has 9 heteroatoms. The summed E-state index contributed by atoms with van der Waals surface area (Å²) < 4.78 is 11.0. The molecule has 1 aliphatic rings. The number of allylic oxidation sites excluding steroid dienone is 1. The zero-order valence-electron chi connectivity index (χ0n) is 17.6. The number of nitrogens with one attached hydrogen (secondary N) is 2. The van der Waals surface area contributed by atoms with Crippen molar-refractivity contribution in [2.75, 3.05) is 24.8 Å². The van der Waals surface area contributed by atoms with Crippen LogP contribution in [0.1, 0.15) is 24.8 Å². The zero-order valence-corrected chi connectivity index (χ0v) is 19.2. The van der Waals surface area contributed by atoms with E-state index in [0.717, 1.165) is 17.3 Å². The van der Waals surface area contributed by atoms with E-state index in [4.69, 9.17) is 21.1 Å². The second kappa shape index (κ2) is 10.9. The van der Waals surface area contributed by atoms with Crippen LogP contribution in [0, 0.1) is 11.3 Å². The summed E-state index contributed by atoms with van der Waals surface area (Å²) in [6.07, 6.45) is 0.126. The van der Waals surface area contributed by atoms with E-state index in [0.29, 0.717) is 39.4 Å². The Bertz CT molecular complexity index is 1080. The average molecular weight is 472 g/mol. The van der Waals surface area contributed by atoms with Crippen molar-refractivity contribution in [1.29, 1.82) is 5.26 Å². The van der Waals surface area contributed by atoms with Gasteiger partial charge in [-0.15, -0.1) is 0 Å². The molecule has 1 aliphatic heterocycles. The number of carbonyl (C=O) groups excluding carboxylic acids is 2. The standard InChI is InChI=1S/C23H22ClN3O4S/c1-3-31-19-9-4-14(10-20(19)30-2)17-11-21(28)27-23(18(17)12-25)32-13-22(29)26-16-7-5-15(24)6-8-16/h4-10,17H,3,11,13H2,1-2H3,(H,26,29)(H,27,28)/t17-/m0/s1. The number of nitrogens with zero attached hydrogens (tertiary/aromatic N) is 1. The minimum atomic E-state index is -0.444. The Balaban J connectivity index is 1.79. The lowest BCUT2D eigenvalue weighted by Gasteiger charge is -2.25. The van der Waals surface area contributed by atoms with Crippen LogP contribution in [-0.4, -0.2) is 31.3 Å². The highest BCUT2D eigenvalue weighted by molar-refractivity contribution is 8.03. The maximum absolute atomic E-state index is 12.4. The van der Waals surface area contributed by atoms with E-state index in [1.807, 2.05) is 13.0 Å². The number of anilines is 1. The number of hydrogen-bond donors (Lipinski definition) is 2. The number of nitriles is 1. The molecule has 0 bridgehead atoms. The second-order valence-corrected chi connectivity index (χ2v) is 8.27.